The van der Waals surface area contributed by atoms with Gasteiger partial charge in [-0.05, 0) is 24.5 Å². The zero-order chi connectivity index (χ0) is 20.1. The summed E-state index contributed by atoms with van der Waals surface area (Å²) in [5, 5.41) is 6.53. The van der Waals surface area contributed by atoms with Crippen LogP contribution in [0.2, 0.25) is 0 Å². The first-order chi connectivity index (χ1) is 13.6. The van der Waals surface area contributed by atoms with E-state index in [1.54, 1.807) is 46.6 Å². The van der Waals surface area contributed by atoms with E-state index in [9.17, 15) is 4.39 Å². The molecule has 29 heavy (non-hydrogen) atoms. The van der Waals surface area contributed by atoms with Gasteiger partial charge in [-0.3, -0.25) is 4.99 Å². The molecule has 6 nitrogen and oxygen atoms in total. The third-order valence-corrected chi connectivity index (χ3v) is 5.04. The maximum atomic E-state index is 14.2. The fourth-order valence-corrected chi connectivity index (χ4v) is 3.31. The Balaban J connectivity index is 0.00000300. The number of hydrogen-bond acceptors (Lipinski definition) is 4. The molecule has 0 atom stereocenters. The second kappa shape index (κ2) is 10.00. The van der Waals surface area contributed by atoms with Gasteiger partial charge in [0.2, 0.25) is 5.75 Å². The second-order valence-electron chi connectivity index (χ2n) is 6.72. The minimum atomic E-state index is -0.182. The van der Waals surface area contributed by atoms with E-state index in [1.807, 2.05) is 12.1 Å². The van der Waals surface area contributed by atoms with Gasteiger partial charge in [0.05, 0.1) is 21.3 Å². The van der Waals surface area contributed by atoms with Crippen molar-refractivity contribution in [3.8, 4) is 17.2 Å². The Morgan fingerprint density at radius 1 is 1.07 bits per heavy atom. The molecule has 2 N–H and O–H groups in total. The number of rotatable bonds is 7. The van der Waals surface area contributed by atoms with Crippen LogP contribution in [-0.2, 0) is 5.41 Å². The van der Waals surface area contributed by atoms with Gasteiger partial charge >= 0.3 is 0 Å². The topological polar surface area (TPSA) is 64.1 Å². The Hall–Kier alpha value is -2.23. The molecule has 8 heteroatoms. The highest BCUT2D eigenvalue weighted by Crippen LogP contribution is 2.48. The van der Waals surface area contributed by atoms with E-state index in [1.165, 1.54) is 6.07 Å². The van der Waals surface area contributed by atoms with Gasteiger partial charge < -0.3 is 24.8 Å². The quantitative estimate of drug-likeness (QED) is 0.329. The molecule has 0 aliphatic heterocycles. The molecular weight excluding hydrogens is 488 g/mol. The second-order valence-corrected chi connectivity index (χ2v) is 6.72. The van der Waals surface area contributed by atoms with Crippen molar-refractivity contribution in [1.29, 1.82) is 0 Å². The van der Waals surface area contributed by atoms with E-state index in [4.69, 9.17) is 14.2 Å². The average molecular weight is 515 g/mol. The Kier molecular flexibility index (Phi) is 7.95. The summed E-state index contributed by atoms with van der Waals surface area (Å²) >= 11 is 0. The van der Waals surface area contributed by atoms with Crippen molar-refractivity contribution >= 4 is 35.6 Å². The largest absolute Gasteiger partial charge is 0.493 e. The van der Waals surface area contributed by atoms with E-state index in [0.29, 0.717) is 29.8 Å². The van der Waals surface area contributed by atoms with Crippen molar-refractivity contribution in [2.24, 2.45) is 4.99 Å². The van der Waals surface area contributed by atoms with Crippen LogP contribution in [0.1, 0.15) is 18.4 Å². The third-order valence-electron chi connectivity index (χ3n) is 5.04. The molecule has 158 valence electrons. The Morgan fingerprint density at radius 2 is 1.69 bits per heavy atom. The lowest BCUT2D eigenvalue weighted by Crippen LogP contribution is -2.37. The lowest BCUT2D eigenvalue weighted by Gasteiger charge is -2.20. The number of nitrogens with one attached hydrogen (secondary N) is 2. The molecule has 2 aromatic carbocycles. The predicted molar refractivity (Wildman–Crippen MR) is 124 cm³/mol. The summed E-state index contributed by atoms with van der Waals surface area (Å²) in [5.74, 6) is 2.04. The Bertz CT molecular complexity index is 847. The molecular formula is C21H27FIN3O3. The molecule has 1 aliphatic carbocycles. The van der Waals surface area contributed by atoms with Crippen LogP contribution in [0.5, 0.6) is 17.2 Å². The summed E-state index contributed by atoms with van der Waals surface area (Å²) in [6, 6.07) is 10.6. The fourth-order valence-electron chi connectivity index (χ4n) is 3.31. The summed E-state index contributed by atoms with van der Waals surface area (Å²) in [6.07, 6.45) is 1.89. The highest BCUT2D eigenvalue weighted by molar-refractivity contribution is 14.0. The number of methoxy groups -OCH3 is 3. The normalized spacial score (nSPS) is 14.4. The number of halogens is 2. The van der Waals surface area contributed by atoms with Crippen LogP contribution in [0, 0.1) is 5.82 Å². The number of benzene rings is 2. The van der Waals surface area contributed by atoms with Crippen LogP contribution >= 0.6 is 24.0 Å². The summed E-state index contributed by atoms with van der Waals surface area (Å²) in [5.41, 5.74) is 1.31. The molecule has 1 aliphatic rings. The van der Waals surface area contributed by atoms with E-state index in [-0.39, 0.29) is 35.2 Å². The van der Waals surface area contributed by atoms with Gasteiger partial charge in [0.1, 0.15) is 5.82 Å². The zero-order valence-corrected chi connectivity index (χ0v) is 19.4. The van der Waals surface area contributed by atoms with Crippen molar-refractivity contribution in [2.75, 3.05) is 40.2 Å². The lowest BCUT2D eigenvalue weighted by atomic mass is 9.95. The average Bonchev–Trinajstić information content (AvgIpc) is 3.51. The van der Waals surface area contributed by atoms with Gasteiger partial charge in [-0.1, -0.05) is 18.2 Å². The Labute approximate surface area is 187 Å². The summed E-state index contributed by atoms with van der Waals surface area (Å²) in [7, 11) is 6.39. The SMILES string of the molecule is CN=C(NCC1(c2ccccc2F)CC1)Nc1cc(OC)c(OC)c(OC)c1.I. The molecule has 0 unspecified atom stereocenters. The number of hydrogen-bond donors (Lipinski definition) is 2. The van der Waals surface area contributed by atoms with Crippen LogP contribution in [-0.4, -0.2) is 40.9 Å². The molecule has 1 fully saturated rings. The standard InChI is InChI=1S/C21H26FN3O3.HI/c1-23-20(24-13-21(9-10-21)15-7-5-6-8-16(15)22)25-14-11-17(26-2)19(28-4)18(12-14)27-3;/h5-8,11-12H,9-10,13H2,1-4H3,(H2,23,24,25);1H. The van der Waals surface area contributed by atoms with Gasteiger partial charge in [-0.15, -0.1) is 24.0 Å². The molecule has 0 radical (unpaired) electrons. The van der Waals surface area contributed by atoms with Gasteiger partial charge in [-0.25, -0.2) is 4.39 Å². The van der Waals surface area contributed by atoms with Crippen LogP contribution in [0.4, 0.5) is 10.1 Å². The van der Waals surface area contributed by atoms with Crippen molar-refractivity contribution < 1.29 is 18.6 Å². The van der Waals surface area contributed by atoms with Crippen LogP contribution in [0.15, 0.2) is 41.4 Å². The van der Waals surface area contributed by atoms with E-state index >= 15 is 0 Å². The molecule has 1 saturated carbocycles. The van der Waals surface area contributed by atoms with Crippen molar-refractivity contribution in [3.63, 3.8) is 0 Å². The van der Waals surface area contributed by atoms with Crippen LogP contribution in [0.3, 0.4) is 0 Å². The molecule has 3 rings (SSSR count). The molecule has 2 aromatic rings. The minimum Gasteiger partial charge on any atom is -0.493 e. The highest BCUT2D eigenvalue weighted by atomic mass is 127. The highest BCUT2D eigenvalue weighted by Gasteiger charge is 2.45. The van der Waals surface area contributed by atoms with Crippen LogP contribution in [0.25, 0.3) is 0 Å². The molecule has 0 spiro atoms. The monoisotopic (exact) mass is 515 g/mol. The number of nitrogens with zero attached hydrogens (tertiary/aromatic N) is 1. The predicted octanol–water partition coefficient (Wildman–Crippen LogP) is 4.19. The van der Waals surface area contributed by atoms with E-state index < -0.39 is 0 Å². The van der Waals surface area contributed by atoms with Gasteiger partial charge in [-0.2, -0.15) is 0 Å². The molecule has 0 saturated heterocycles. The van der Waals surface area contributed by atoms with Crippen molar-refractivity contribution in [2.45, 2.75) is 18.3 Å². The smallest absolute Gasteiger partial charge is 0.203 e. The number of ether oxygens (including phenoxy) is 3. The lowest BCUT2D eigenvalue weighted by molar-refractivity contribution is 0.324. The minimum absolute atomic E-state index is 0. The number of aliphatic imine (C=N–C) groups is 1. The van der Waals surface area contributed by atoms with Gasteiger partial charge in [0, 0.05) is 36.8 Å². The first-order valence-corrected chi connectivity index (χ1v) is 9.09. The van der Waals surface area contributed by atoms with Gasteiger partial charge in [0.15, 0.2) is 17.5 Å². The maximum absolute atomic E-state index is 14.2. The number of anilines is 1. The van der Waals surface area contributed by atoms with Gasteiger partial charge in [0.25, 0.3) is 0 Å². The van der Waals surface area contributed by atoms with Crippen molar-refractivity contribution in [1.82, 2.24) is 5.32 Å². The van der Waals surface area contributed by atoms with Crippen LogP contribution < -0.4 is 24.8 Å². The molecule has 0 bridgehead atoms. The zero-order valence-electron chi connectivity index (χ0n) is 17.0. The van der Waals surface area contributed by atoms with E-state index in [2.05, 4.69) is 15.6 Å². The molecule has 0 amide bonds. The Morgan fingerprint density at radius 3 is 2.17 bits per heavy atom. The summed E-state index contributed by atoms with van der Waals surface area (Å²) < 4.78 is 30.3. The summed E-state index contributed by atoms with van der Waals surface area (Å²) in [6.45, 7) is 0.595. The third kappa shape index (κ3) is 5.04. The molecule has 0 heterocycles. The summed E-state index contributed by atoms with van der Waals surface area (Å²) in [4.78, 5) is 4.27. The first-order valence-electron chi connectivity index (χ1n) is 9.09. The van der Waals surface area contributed by atoms with E-state index in [0.717, 1.165) is 24.1 Å². The fraction of sp³-hybridized carbons (Fsp3) is 0.381. The first kappa shape index (κ1) is 23.1. The molecule has 0 aromatic heterocycles. The maximum Gasteiger partial charge on any atom is 0.203 e. The van der Waals surface area contributed by atoms with Crippen molar-refractivity contribution in [3.05, 3.63) is 47.8 Å². The number of guanidine groups is 1.